The number of nitrogens with one attached hydrogen (secondary N) is 1. The summed E-state index contributed by atoms with van der Waals surface area (Å²) in [5.41, 5.74) is 2.51. The summed E-state index contributed by atoms with van der Waals surface area (Å²) in [7, 11) is 1.57. The number of benzene rings is 1. The number of carbonyl (C=O) groups is 2. The second kappa shape index (κ2) is 9.91. The average molecular weight is 389 g/mol. The molecule has 1 heterocycles. The van der Waals surface area contributed by atoms with Crippen LogP contribution in [0.4, 0.5) is 0 Å². The molecule has 7 nitrogen and oxygen atoms in total. The minimum Gasteiger partial charge on any atom is -0.496 e. The number of hydrogen-bond donors (Lipinski definition) is 1. The van der Waals surface area contributed by atoms with Gasteiger partial charge in [0.05, 0.1) is 12.9 Å². The van der Waals surface area contributed by atoms with E-state index in [0.717, 1.165) is 17.0 Å². The number of aryl methyl sites for hydroxylation is 2. The average Bonchev–Trinajstić information content (AvgIpc) is 2.63. The van der Waals surface area contributed by atoms with E-state index in [1.807, 2.05) is 44.2 Å². The van der Waals surface area contributed by atoms with Gasteiger partial charge in [-0.05, 0) is 32.9 Å². The number of thioether (sulfide) groups is 1. The zero-order valence-corrected chi connectivity index (χ0v) is 16.6. The first-order valence-corrected chi connectivity index (χ1v) is 9.41. The summed E-state index contributed by atoms with van der Waals surface area (Å²) in [6.45, 7) is 5.56. The monoisotopic (exact) mass is 389 g/mol. The summed E-state index contributed by atoms with van der Waals surface area (Å²) in [5.74, 6) is -0.149. The molecule has 2 aromatic rings. The molecule has 0 bridgehead atoms. The molecule has 0 aliphatic rings. The lowest BCUT2D eigenvalue weighted by molar-refractivity contribution is -0.152. The summed E-state index contributed by atoms with van der Waals surface area (Å²) in [4.78, 5) is 32.6. The van der Waals surface area contributed by atoms with Crippen LogP contribution in [0, 0.1) is 13.8 Å². The molecular weight excluding hydrogens is 366 g/mol. The number of methoxy groups -OCH3 is 1. The van der Waals surface area contributed by atoms with Crippen LogP contribution < -0.4 is 10.1 Å². The maximum atomic E-state index is 12.2. The van der Waals surface area contributed by atoms with Gasteiger partial charge in [-0.2, -0.15) is 0 Å². The summed E-state index contributed by atoms with van der Waals surface area (Å²) in [6.07, 6.45) is -0.895. The van der Waals surface area contributed by atoms with Crippen LogP contribution in [-0.2, 0) is 20.9 Å². The molecule has 8 heteroatoms. The van der Waals surface area contributed by atoms with Crippen molar-refractivity contribution in [3.05, 3.63) is 47.3 Å². The van der Waals surface area contributed by atoms with Gasteiger partial charge in [-0.1, -0.05) is 30.0 Å². The molecule has 144 valence electrons. The van der Waals surface area contributed by atoms with E-state index < -0.39 is 12.1 Å². The molecule has 0 spiro atoms. The predicted molar refractivity (Wildman–Crippen MR) is 103 cm³/mol. The molecule has 0 radical (unpaired) electrons. The molecule has 0 fully saturated rings. The molecule has 0 aliphatic heterocycles. The summed E-state index contributed by atoms with van der Waals surface area (Å²) < 4.78 is 10.4. The fourth-order valence-corrected chi connectivity index (χ4v) is 3.07. The Bertz CT molecular complexity index is 793. The van der Waals surface area contributed by atoms with Crippen molar-refractivity contribution in [3.63, 3.8) is 0 Å². The molecule has 1 unspecified atom stereocenters. The summed E-state index contributed by atoms with van der Waals surface area (Å²) in [6, 6.07) is 9.25. The Morgan fingerprint density at radius 3 is 2.52 bits per heavy atom. The van der Waals surface area contributed by atoms with Gasteiger partial charge in [0.2, 0.25) is 0 Å². The minimum atomic E-state index is -0.895. The lowest BCUT2D eigenvalue weighted by Crippen LogP contribution is -2.35. The molecule has 0 saturated heterocycles. The van der Waals surface area contributed by atoms with E-state index in [2.05, 4.69) is 15.3 Å². The Hall–Kier alpha value is -2.61. The highest BCUT2D eigenvalue weighted by molar-refractivity contribution is 7.99. The van der Waals surface area contributed by atoms with Gasteiger partial charge in [-0.3, -0.25) is 9.59 Å². The van der Waals surface area contributed by atoms with Crippen LogP contribution in [0.3, 0.4) is 0 Å². The van der Waals surface area contributed by atoms with E-state index >= 15 is 0 Å². The lowest BCUT2D eigenvalue weighted by atomic mass is 10.2. The standard InChI is InChI=1S/C19H23N3O4S/c1-12-9-13(2)22-19(21-12)27-11-17(23)26-14(3)18(24)20-10-15-7-5-6-8-16(15)25-4/h5-9,14H,10-11H2,1-4H3,(H,20,24). The third kappa shape index (κ3) is 6.56. The third-order valence-electron chi connectivity index (χ3n) is 3.60. The van der Waals surface area contributed by atoms with E-state index in [4.69, 9.17) is 9.47 Å². The molecule has 1 N–H and O–H groups in total. The van der Waals surface area contributed by atoms with Crippen molar-refractivity contribution in [1.29, 1.82) is 0 Å². The van der Waals surface area contributed by atoms with E-state index in [1.54, 1.807) is 7.11 Å². The van der Waals surface area contributed by atoms with Crippen molar-refractivity contribution >= 4 is 23.6 Å². The number of esters is 1. The Morgan fingerprint density at radius 2 is 1.85 bits per heavy atom. The molecule has 1 aromatic heterocycles. The summed E-state index contributed by atoms with van der Waals surface area (Å²) >= 11 is 1.18. The first-order valence-electron chi connectivity index (χ1n) is 8.43. The Labute approximate surface area is 162 Å². The molecule has 0 aliphatic carbocycles. The van der Waals surface area contributed by atoms with Gasteiger partial charge < -0.3 is 14.8 Å². The van der Waals surface area contributed by atoms with Gasteiger partial charge in [0.15, 0.2) is 11.3 Å². The van der Waals surface area contributed by atoms with Gasteiger partial charge in [0.1, 0.15) is 5.75 Å². The number of nitrogens with zero attached hydrogens (tertiary/aromatic N) is 2. The maximum absolute atomic E-state index is 12.2. The first kappa shape index (κ1) is 20.7. The van der Waals surface area contributed by atoms with Gasteiger partial charge in [-0.15, -0.1) is 0 Å². The van der Waals surface area contributed by atoms with Crippen molar-refractivity contribution in [1.82, 2.24) is 15.3 Å². The van der Waals surface area contributed by atoms with Crippen molar-refractivity contribution in [2.75, 3.05) is 12.9 Å². The van der Waals surface area contributed by atoms with Crippen LogP contribution >= 0.6 is 11.8 Å². The Balaban J connectivity index is 1.80. The van der Waals surface area contributed by atoms with Gasteiger partial charge in [0.25, 0.3) is 5.91 Å². The highest BCUT2D eigenvalue weighted by Gasteiger charge is 2.18. The number of hydrogen-bond acceptors (Lipinski definition) is 7. The van der Waals surface area contributed by atoms with Crippen molar-refractivity contribution < 1.29 is 19.1 Å². The Kier molecular flexibility index (Phi) is 7.60. The predicted octanol–water partition coefficient (Wildman–Crippen LogP) is 2.44. The second-order valence-electron chi connectivity index (χ2n) is 5.88. The fraction of sp³-hybridized carbons (Fsp3) is 0.368. The van der Waals surface area contributed by atoms with Crippen LogP contribution in [0.25, 0.3) is 0 Å². The number of amides is 1. The summed E-state index contributed by atoms with van der Waals surface area (Å²) in [5, 5.41) is 3.25. The molecular formula is C19H23N3O4S. The SMILES string of the molecule is COc1ccccc1CNC(=O)C(C)OC(=O)CSc1nc(C)cc(C)n1. The van der Waals surface area contributed by atoms with E-state index in [9.17, 15) is 9.59 Å². The van der Waals surface area contributed by atoms with Crippen LogP contribution in [0.15, 0.2) is 35.5 Å². The van der Waals surface area contributed by atoms with Gasteiger partial charge in [0, 0.05) is 23.5 Å². The molecule has 1 amide bonds. The molecule has 1 atom stereocenters. The normalized spacial score (nSPS) is 11.6. The smallest absolute Gasteiger partial charge is 0.317 e. The lowest BCUT2D eigenvalue weighted by Gasteiger charge is -2.14. The van der Waals surface area contributed by atoms with Gasteiger partial charge >= 0.3 is 5.97 Å². The molecule has 27 heavy (non-hydrogen) atoms. The highest BCUT2D eigenvalue weighted by atomic mass is 32.2. The second-order valence-corrected chi connectivity index (χ2v) is 6.83. The number of ether oxygens (including phenoxy) is 2. The third-order valence-corrected chi connectivity index (χ3v) is 4.42. The van der Waals surface area contributed by atoms with Crippen LogP contribution in [0.5, 0.6) is 5.75 Å². The largest absolute Gasteiger partial charge is 0.496 e. The molecule has 0 saturated carbocycles. The van der Waals surface area contributed by atoms with Crippen molar-refractivity contribution in [2.45, 2.75) is 38.6 Å². The number of carbonyl (C=O) groups excluding carboxylic acids is 2. The topological polar surface area (TPSA) is 90.4 Å². The molecule has 1 aromatic carbocycles. The number of aromatic nitrogens is 2. The Morgan fingerprint density at radius 1 is 1.19 bits per heavy atom. The first-order chi connectivity index (χ1) is 12.9. The van der Waals surface area contributed by atoms with Crippen LogP contribution in [-0.4, -0.2) is 40.8 Å². The van der Waals surface area contributed by atoms with Crippen LogP contribution in [0.2, 0.25) is 0 Å². The maximum Gasteiger partial charge on any atom is 0.317 e. The van der Waals surface area contributed by atoms with E-state index in [1.165, 1.54) is 18.7 Å². The van der Waals surface area contributed by atoms with E-state index in [0.29, 0.717) is 10.9 Å². The van der Waals surface area contributed by atoms with Crippen molar-refractivity contribution in [2.24, 2.45) is 0 Å². The quantitative estimate of drug-likeness (QED) is 0.421. The van der Waals surface area contributed by atoms with E-state index in [-0.39, 0.29) is 18.2 Å². The molecule has 2 rings (SSSR count). The van der Waals surface area contributed by atoms with Gasteiger partial charge in [-0.25, -0.2) is 9.97 Å². The highest BCUT2D eigenvalue weighted by Crippen LogP contribution is 2.17. The van der Waals surface area contributed by atoms with Crippen LogP contribution in [0.1, 0.15) is 23.9 Å². The minimum absolute atomic E-state index is 0.0347. The number of rotatable bonds is 8. The zero-order chi connectivity index (χ0) is 19.8. The zero-order valence-electron chi connectivity index (χ0n) is 15.8. The van der Waals surface area contributed by atoms with Crippen molar-refractivity contribution in [3.8, 4) is 5.75 Å². The number of para-hydroxylation sites is 1. The fourth-order valence-electron chi connectivity index (χ4n) is 2.34.